The molecule has 0 aliphatic carbocycles. The normalized spacial score (nSPS) is 9.23. The molecule has 0 N–H and O–H groups in total. The van der Waals surface area contributed by atoms with Gasteiger partial charge in [-0.3, -0.25) is 13.7 Å². The van der Waals surface area contributed by atoms with Gasteiger partial charge in [0, 0.05) is 13.1 Å². The first-order valence-corrected chi connectivity index (χ1v) is 3.52. The maximum Gasteiger partial charge on any atom is 0.673 e. The van der Waals surface area contributed by atoms with Gasteiger partial charge in [0.05, 0.1) is 0 Å². The smallest absolute Gasteiger partial charge is 0.418 e. The molecule has 0 unspecified atom stereocenters. The lowest BCUT2D eigenvalue weighted by Gasteiger charge is -2.05. The number of nitrogens with zero attached hydrogens (tertiary/aromatic N) is 1. The van der Waals surface area contributed by atoms with Crippen LogP contribution in [0.3, 0.4) is 0 Å². The van der Waals surface area contributed by atoms with Gasteiger partial charge in [0.1, 0.15) is 0 Å². The van der Waals surface area contributed by atoms with Crippen molar-refractivity contribution < 1.29 is 26.7 Å². The zero-order valence-electron chi connectivity index (χ0n) is 7.21. The molecule has 9 heteroatoms. The van der Waals surface area contributed by atoms with Crippen molar-refractivity contribution in [3.05, 3.63) is 0 Å². The van der Waals surface area contributed by atoms with Crippen LogP contribution in [0.25, 0.3) is 0 Å². The molecular weight excluding hydrogens is 219 g/mol. The number of hydrogen-bond acceptors (Lipinski definition) is 2. The Morgan fingerprint density at radius 1 is 1.00 bits per heavy atom. The van der Waals surface area contributed by atoms with Gasteiger partial charge in [0.15, 0.2) is 0 Å². The molecule has 13 heavy (non-hydrogen) atoms. The van der Waals surface area contributed by atoms with Crippen molar-refractivity contribution in [2.75, 3.05) is 13.1 Å². The standard InChI is InChI=1S/C4H11NS.BF4.2FH/c1-3-5(6)4-2;2-1(3,4)5;;/h6H,3-4H2,1-2H3;;2*1H/q;-1;;. The predicted molar refractivity (Wildman–Crippen MR) is 47.1 cm³/mol. The van der Waals surface area contributed by atoms with E-state index in [1.807, 2.05) is 4.31 Å². The SMILES string of the molecule is CCN(S)CC.F.F.F[B-](F)(F)F. The van der Waals surface area contributed by atoms with Gasteiger partial charge in [-0.1, -0.05) is 26.7 Å². The van der Waals surface area contributed by atoms with Crippen LogP contribution in [-0.2, 0) is 0 Å². The molecule has 86 valence electrons. The van der Waals surface area contributed by atoms with Crippen molar-refractivity contribution in [2.24, 2.45) is 0 Å². The van der Waals surface area contributed by atoms with Crippen LogP contribution < -0.4 is 0 Å². The Morgan fingerprint density at radius 2 is 1.15 bits per heavy atom. The van der Waals surface area contributed by atoms with Gasteiger partial charge in [-0.15, -0.1) is 0 Å². The third-order valence-electron chi connectivity index (χ3n) is 0.730. The molecule has 0 heterocycles. The first-order chi connectivity index (χ1) is 4.81. The van der Waals surface area contributed by atoms with Gasteiger partial charge in [-0.2, -0.15) is 0 Å². The largest absolute Gasteiger partial charge is 0.673 e. The molecule has 0 atom stereocenters. The van der Waals surface area contributed by atoms with E-state index in [0.29, 0.717) is 0 Å². The summed E-state index contributed by atoms with van der Waals surface area (Å²) in [6.45, 7) is 6.21. The number of hydrogen-bond donors (Lipinski definition) is 1. The average molecular weight is 232 g/mol. The lowest BCUT2D eigenvalue weighted by Crippen LogP contribution is -2.08. The van der Waals surface area contributed by atoms with E-state index in [2.05, 4.69) is 26.7 Å². The highest BCUT2D eigenvalue weighted by Crippen LogP contribution is 2.06. The maximum atomic E-state index is 9.75. The molecule has 0 saturated carbocycles. The van der Waals surface area contributed by atoms with Gasteiger partial charge in [-0.25, -0.2) is 0 Å². The molecule has 0 aromatic heterocycles. The minimum atomic E-state index is -6.00. The van der Waals surface area contributed by atoms with Crippen LogP contribution in [0.2, 0.25) is 0 Å². The van der Waals surface area contributed by atoms with E-state index in [0.717, 1.165) is 13.1 Å². The molecule has 0 fully saturated rings. The summed E-state index contributed by atoms with van der Waals surface area (Å²) in [7, 11) is -6.00. The Balaban J connectivity index is -0.0000000546. The second kappa shape index (κ2) is 12.0. The van der Waals surface area contributed by atoms with Crippen molar-refractivity contribution in [1.29, 1.82) is 0 Å². The highest BCUT2D eigenvalue weighted by atomic mass is 32.1. The second-order valence-corrected chi connectivity index (χ2v) is 2.20. The number of halogens is 6. The molecule has 1 nitrogen and oxygen atoms in total. The fraction of sp³-hybridized carbons (Fsp3) is 1.00. The zero-order valence-corrected chi connectivity index (χ0v) is 8.11. The van der Waals surface area contributed by atoms with Crippen molar-refractivity contribution in [3.63, 3.8) is 0 Å². The molecular formula is C4H13BF6NS-. The van der Waals surface area contributed by atoms with Crippen LogP contribution in [0.5, 0.6) is 0 Å². The van der Waals surface area contributed by atoms with Gasteiger partial charge in [0.25, 0.3) is 0 Å². The third kappa shape index (κ3) is 75.7. The summed E-state index contributed by atoms with van der Waals surface area (Å²) in [5, 5.41) is 0. The third-order valence-corrected chi connectivity index (χ3v) is 1.30. The Kier molecular flexibility index (Phi) is 21.2. The van der Waals surface area contributed by atoms with E-state index in [1.54, 1.807) is 0 Å². The van der Waals surface area contributed by atoms with Gasteiger partial charge < -0.3 is 17.3 Å². The average Bonchev–Trinajstić information content (AvgIpc) is 1.83. The summed E-state index contributed by atoms with van der Waals surface area (Å²) in [5.41, 5.74) is 0. The molecule has 0 amide bonds. The van der Waals surface area contributed by atoms with E-state index in [1.165, 1.54) is 0 Å². The van der Waals surface area contributed by atoms with Crippen LogP contribution >= 0.6 is 12.8 Å². The molecule has 0 aliphatic rings. The molecule has 0 aromatic rings. The van der Waals surface area contributed by atoms with Crippen molar-refractivity contribution >= 4 is 20.1 Å². The van der Waals surface area contributed by atoms with Crippen LogP contribution in [-0.4, -0.2) is 24.6 Å². The molecule has 0 aromatic carbocycles. The first-order valence-electron chi connectivity index (χ1n) is 3.12. The fourth-order valence-corrected chi connectivity index (χ4v) is 0.224. The molecule has 0 bridgehead atoms. The molecule has 0 radical (unpaired) electrons. The van der Waals surface area contributed by atoms with E-state index >= 15 is 0 Å². The number of thiol groups is 1. The van der Waals surface area contributed by atoms with Gasteiger partial charge >= 0.3 is 7.25 Å². The van der Waals surface area contributed by atoms with E-state index < -0.39 is 7.25 Å². The lowest BCUT2D eigenvalue weighted by atomic mass is 10.3. The van der Waals surface area contributed by atoms with E-state index in [-0.39, 0.29) is 9.41 Å². The fourth-order valence-electron chi connectivity index (χ4n) is 0.224. The van der Waals surface area contributed by atoms with Crippen molar-refractivity contribution in [2.45, 2.75) is 13.8 Å². The Morgan fingerprint density at radius 3 is 1.15 bits per heavy atom. The zero-order chi connectivity index (χ0) is 9.49. The summed E-state index contributed by atoms with van der Waals surface area (Å²) in [6, 6.07) is 0. The minimum absolute atomic E-state index is 0. The Hall–Kier alpha value is -0.0451. The minimum Gasteiger partial charge on any atom is -0.418 e. The Bertz CT molecular complexity index is 81.2. The summed E-state index contributed by atoms with van der Waals surface area (Å²) >= 11 is 4.06. The topological polar surface area (TPSA) is 3.24 Å². The van der Waals surface area contributed by atoms with Crippen molar-refractivity contribution in [3.8, 4) is 0 Å². The van der Waals surface area contributed by atoms with Gasteiger partial charge in [-0.05, 0) is 0 Å². The second-order valence-electron chi connectivity index (χ2n) is 1.63. The monoisotopic (exact) mass is 232 g/mol. The molecule has 0 saturated heterocycles. The van der Waals surface area contributed by atoms with E-state index in [4.69, 9.17) is 0 Å². The van der Waals surface area contributed by atoms with E-state index in [9.17, 15) is 17.3 Å². The van der Waals surface area contributed by atoms with Crippen LogP contribution in [0, 0.1) is 0 Å². The van der Waals surface area contributed by atoms with Gasteiger partial charge in [0.2, 0.25) is 0 Å². The highest BCUT2D eigenvalue weighted by molar-refractivity contribution is 7.77. The predicted octanol–water partition coefficient (Wildman–Crippen LogP) is 2.78. The summed E-state index contributed by atoms with van der Waals surface area (Å²) in [4.78, 5) is 0. The molecule has 0 aliphatic heterocycles. The number of rotatable bonds is 2. The summed E-state index contributed by atoms with van der Waals surface area (Å²) in [5.74, 6) is 0. The van der Waals surface area contributed by atoms with Crippen molar-refractivity contribution in [1.82, 2.24) is 4.31 Å². The molecule has 0 spiro atoms. The first kappa shape index (κ1) is 23.1. The summed E-state index contributed by atoms with van der Waals surface area (Å²) < 4.78 is 40.9. The van der Waals surface area contributed by atoms with Crippen LogP contribution in [0.4, 0.5) is 26.7 Å². The summed E-state index contributed by atoms with van der Waals surface area (Å²) in [6.07, 6.45) is 0. The highest BCUT2D eigenvalue weighted by Gasteiger charge is 2.20. The quantitative estimate of drug-likeness (QED) is 0.435. The maximum absolute atomic E-state index is 9.75. The lowest BCUT2D eigenvalue weighted by molar-refractivity contribution is 0.368. The Labute approximate surface area is 78.9 Å². The van der Waals surface area contributed by atoms with Crippen LogP contribution in [0.1, 0.15) is 13.8 Å². The molecule has 0 rings (SSSR count). The van der Waals surface area contributed by atoms with Crippen LogP contribution in [0.15, 0.2) is 0 Å².